The predicted octanol–water partition coefficient (Wildman–Crippen LogP) is 3.23. The second-order valence-corrected chi connectivity index (χ2v) is 9.51. The molecule has 2 atom stereocenters. The summed E-state index contributed by atoms with van der Waals surface area (Å²) >= 11 is 0. The van der Waals surface area contributed by atoms with Gasteiger partial charge in [0.25, 0.3) is 5.91 Å². The van der Waals surface area contributed by atoms with E-state index in [0.717, 1.165) is 37.7 Å². The molecule has 1 aromatic heterocycles. The van der Waals surface area contributed by atoms with E-state index in [2.05, 4.69) is 5.32 Å². The fraction of sp³-hybridized carbons (Fsp3) is 0.500. The lowest BCUT2D eigenvalue weighted by molar-refractivity contribution is -0.137. The molecule has 4 saturated carbocycles. The van der Waals surface area contributed by atoms with E-state index in [-0.39, 0.29) is 17.7 Å². The number of aryl methyl sites for hydroxylation is 1. The Labute approximate surface area is 171 Å². The predicted molar refractivity (Wildman–Crippen MR) is 110 cm³/mol. The summed E-state index contributed by atoms with van der Waals surface area (Å²) in [5, 5.41) is 14.1. The van der Waals surface area contributed by atoms with Crippen LogP contribution in [0.25, 0.3) is 0 Å². The van der Waals surface area contributed by atoms with Gasteiger partial charge >= 0.3 is 0 Å². The zero-order chi connectivity index (χ0) is 20.3. The van der Waals surface area contributed by atoms with E-state index in [1.165, 1.54) is 0 Å². The largest absolute Gasteiger partial charge is 0.390 e. The van der Waals surface area contributed by atoms with Gasteiger partial charge in [-0.15, -0.1) is 0 Å². The quantitative estimate of drug-likeness (QED) is 0.785. The Kier molecular flexibility index (Phi) is 4.21. The minimum atomic E-state index is -0.506. The SMILES string of the molecule is Cc1cc(C(=O)c2ccccc2)n(C)c1C(=O)N[C@H]1C2CC3CC1C[C@](O)(C3)C2. The number of nitrogens with one attached hydrogen (secondary N) is 1. The molecule has 1 amide bonds. The number of carbonyl (C=O) groups excluding carboxylic acids is 2. The van der Waals surface area contributed by atoms with Crippen molar-refractivity contribution in [2.24, 2.45) is 24.8 Å². The van der Waals surface area contributed by atoms with Crippen molar-refractivity contribution in [2.45, 2.75) is 50.7 Å². The van der Waals surface area contributed by atoms with Gasteiger partial charge in [-0.3, -0.25) is 9.59 Å². The van der Waals surface area contributed by atoms with E-state index in [1.807, 2.05) is 31.2 Å². The number of aliphatic hydroxyl groups is 1. The van der Waals surface area contributed by atoms with Crippen LogP contribution in [0.5, 0.6) is 0 Å². The number of ketones is 1. The second-order valence-electron chi connectivity index (χ2n) is 9.51. The van der Waals surface area contributed by atoms with Crippen molar-refractivity contribution < 1.29 is 14.7 Å². The first-order valence-electron chi connectivity index (χ1n) is 10.6. The Hall–Kier alpha value is -2.40. The molecule has 0 radical (unpaired) electrons. The fourth-order valence-corrected chi connectivity index (χ4v) is 6.48. The monoisotopic (exact) mass is 392 g/mol. The van der Waals surface area contributed by atoms with Gasteiger partial charge in [0.2, 0.25) is 5.78 Å². The molecule has 1 heterocycles. The third-order valence-corrected chi connectivity index (χ3v) is 7.45. The van der Waals surface area contributed by atoms with Gasteiger partial charge < -0.3 is 15.0 Å². The minimum absolute atomic E-state index is 0.0768. The molecule has 0 saturated heterocycles. The van der Waals surface area contributed by atoms with E-state index in [0.29, 0.717) is 34.7 Å². The number of benzene rings is 1. The summed E-state index contributed by atoms with van der Waals surface area (Å²) in [4.78, 5) is 26.1. The Balaban J connectivity index is 1.39. The standard InChI is InChI=1S/C24H28N2O3/c1-14-8-19(22(27)16-6-4-3-5-7-16)26(2)21(14)23(28)25-20-17-9-15-10-18(20)13-24(29,11-15)12-17/h3-8,15,17-18,20,29H,9-13H2,1-2H3,(H,25,28)/t15?,17?,18?,20-,24-. The number of aromatic nitrogens is 1. The molecule has 2 N–H and O–H groups in total. The topological polar surface area (TPSA) is 71.3 Å². The van der Waals surface area contributed by atoms with Gasteiger partial charge in [0.15, 0.2) is 0 Å². The van der Waals surface area contributed by atoms with E-state index in [1.54, 1.807) is 23.7 Å². The van der Waals surface area contributed by atoms with Crippen molar-refractivity contribution in [3.05, 3.63) is 58.9 Å². The normalized spacial score (nSPS) is 32.4. The lowest BCUT2D eigenvalue weighted by Gasteiger charge is -2.58. The van der Waals surface area contributed by atoms with Crippen LogP contribution in [-0.2, 0) is 7.05 Å². The minimum Gasteiger partial charge on any atom is -0.390 e. The summed E-state index contributed by atoms with van der Waals surface area (Å²) in [6.07, 6.45) is 4.74. The molecule has 152 valence electrons. The van der Waals surface area contributed by atoms with Crippen LogP contribution in [0.4, 0.5) is 0 Å². The molecular formula is C24H28N2O3. The van der Waals surface area contributed by atoms with Crippen LogP contribution in [-0.4, -0.2) is 33.0 Å². The maximum Gasteiger partial charge on any atom is 0.268 e. The highest BCUT2D eigenvalue weighted by molar-refractivity contribution is 6.09. The first-order valence-corrected chi connectivity index (χ1v) is 10.6. The molecule has 4 bridgehead atoms. The number of hydrogen-bond acceptors (Lipinski definition) is 3. The molecule has 1 aromatic carbocycles. The van der Waals surface area contributed by atoms with Crippen molar-refractivity contribution in [3.8, 4) is 0 Å². The maximum absolute atomic E-state index is 13.2. The van der Waals surface area contributed by atoms with Crippen LogP contribution in [0.15, 0.2) is 36.4 Å². The van der Waals surface area contributed by atoms with Crippen molar-refractivity contribution >= 4 is 11.7 Å². The molecule has 5 nitrogen and oxygen atoms in total. The lowest BCUT2D eigenvalue weighted by Crippen LogP contribution is -2.61. The third kappa shape index (κ3) is 3.03. The highest BCUT2D eigenvalue weighted by atomic mass is 16.3. The van der Waals surface area contributed by atoms with Gasteiger partial charge in [-0.25, -0.2) is 0 Å². The number of carbonyl (C=O) groups is 2. The Morgan fingerprint density at radius 2 is 1.76 bits per heavy atom. The molecule has 0 aliphatic heterocycles. The van der Waals surface area contributed by atoms with Crippen molar-refractivity contribution in [2.75, 3.05) is 0 Å². The first kappa shape index (κ1) is 18.6. The lowest BCUT2D eigenvalue weighted by atomic mass is 9.52. The average molecular weight is 392 g/mol. The second kappa shape index (κ2) is 6.56. The summed E-state index contributed by atoms with van der Waals surface area (Å²) in [6.45, 7) is 1.89. The molecule has 4 fully saturated rings. The molecule has 4 aliphatic rings. The van der Waals surface area contributed by atoms with E-state index >= 15 is 0 Å². The number of nitrogens with zero attached hydrogens (tertiary/aromatic N) is 1. The molecule has 0 spiro atoms. The number of rotatable bonds is 4. The summed E-state index contributed by atoms with van der Waals surface area (Å²) in [6, 6.07) is 11.1. The van der Waals surface area contributed by atoms with E-state index in [9.17, 15) is 14.7 Å². The highest BCUT2D eigenvalue weighted by Crippen LogP contribution is 2.55. The van der Waals surface area contributed by atoms with Gasteiger partial charge in [-0.05, 0) is 68.4 Å². The first-order chi connectivity index (χ1) is 13.8. The van der Waals surface area contributed by atoms with Crippen LogP contribution in [0.3, 0.4) is 0 Å². The van der Waals surface area contributed by atoms with Crippen molar-refractivity contribution in [1.82, 2.24) is 9.88 Å². The van der Waals surface area contributed by atoms with Crippen LogP contribution in [0, 0.1) is 24.7 Å². The maximum atomic E-state index is 13.2. The highest BCUT2D eigenvalue weighted by Gasteiger charge is 2.55. The zero-order valence-electron chi connectivity index (χ0n) is 17.0. The molecule has 6 rings (SSSR count). The zero-order valence-corrected chi connectivity index (χ0v) is 17.0. The van der Waals surface area contributed by atoms with Crippen molar-refractivity contribution in [1.29, 1.82) is 0 Å². The van der Waals surface area contributed by atoms with Crippen LogP contribution in [0.2, 0.25) is 0 Å². The summed E-state index contributed by atoms with van der Waals surface area (Å²) in [5.41, 5.74) is 2.00. The van der Waals surface area contributed by atoms with Crippen LogP contribution >= 0.6 is 0 Å². The Morgan fingerprint density at radius 3 is 2.38 bits per heavy atom. The molecular weight excluding hydrogens is 364 g/mol. The van der Waals surface area contributed by atoms with Crippen molar-refractivity contribution in [3.63, 3.8) is 0 Å². The molecule has 29 heavy (non-hydrogen) atoms. The fourth-order valence-electron chi connectivity index (χ4n) is 6.48. The average Bonchev–Trinajstić information content (AvgIpc) is 2.97. The molecule has 5 heteroatoms. The molecule has 2 aromatic rings. The van der Waals surface area contributed by atoms with Gasteiger partial charge in [0.1, 0.15) is 5.69 Å². The summed E-state index contributed by atoms with van der Waals surface area (Å²) in [7, 11) is 1.79. The van der Waals surface area contributed by atoms with Gasteiger partial charge in [0.05, 0.1) is 11.3 Å². The Bertz CT molecular complexity index is 962. The number of amides is 1. The Morgan fingerprint density at radius 1 is 1.10 bits per heavy atom. The summed E-state index contributed by atoms with van der Waals surface area (Å²) < 4.78 is 1.73. The van der Waals surface area contributed by atoms with E-state index < -0.39 is 5.60 Å². The number of hydrogen-bond donors (Lipinski definition) is 2. The van der Waals surface area contributed by atoms with Gasteiger partial charge in [-0.1, -0.05) is 30.3 Å². The summed E-state index contributed by atoms with van der Waals surface area (Å²) in [5.74, 6) is 1.15. The van der Waals surface area contributed by atoms with Gasteiger partial charge in [0, 0.05) is 18.7 Å². The van der Waals surface area contributed by atoms with E-state index in [4.69, 9.17) is 0 Å². The van der Waals surface area contributed by atoms with Crippen LogP contribution < -0.4 is 5.32 Å². The molecule has 2 unspecified atom stereocenters. The van der Waals surface area contributed by atoms with Crippen LogP contribution in [0.1, 0.15) is 64.2 Å². The van der Waals surface area contributed by atoms with Gasteiger partial charge in [-0.2, -0.15) is 0 Å². The smallest absolute Gasteiger partial charge is 0.268 e. The third-order valence-electron chi connectivity index (χ3n) is 7.45. The molecule has 4 aliphatic carbocycles.